The van der Waals surface area contributed by atoms with E-state index < -0.39 is 0 Å². The lowest BCUT2D eigenvalue weighted by Gasteiger charge is -2.28. The first-order valence-corrected chi connectivity index (χ1v) is 5.37. The van der Waals surface area contributed by atoms with Crippen molar-refractivity contribution in [3.05, 3.63) is 35.4 Å². The van der Waals surface area contributed by atoms with Crippen LogP contribution in [0.3, 0.4) is 0 Å². The zero-order valence-corrected chi connectivity index (χ0v) is 9.19. The van der Waals surface area contributed by atoms with Gasteiger partial charge in [-0.25, -0.2) is 0 Å². The van der Waals surface area contributed by atoms with Crippen molar-refractivity contribution < 1.29 is 9.53 Å². The molecule has 1 aliphatic rings. The molecule has 0 N–H and O–H groups in total. The molecule has 1 aromatic carbocycles. The van der Waals surface area contributed by atoms with E-state index in [0.29, 0.717) is 5.92 Å². The third-order valence-corrected chi connectivity index (χ3v) is 3.29. The van der Waals surface area contributed by atoms with E-state index in [9.17, 15) is 4.79 Å². The first-order chi connectivity index (χ1) is 7.22. The second-order valence-corrected chi connectivity index (χ2v) is 4.28. The second-order valence-electron chi connectivity index (χ2n) is 4.28. The first kappa shape index (κ1) is 10.2. The minimum absolute atomic E-state index is 0.0323. The molecule has 0 bridgehead atoms. The number of fused-ring (bicyclic) bond motifs is 1. The molecule has 0 fully saturated rings. The fraction of sp³-hybridized carbons (Fsp3) is 0.462. The molecule has 0 aliphatic heterocycles. The molecule has 0 spiro atoms. The van der Waals surface area contributed by atoms with Crippen LogP contribution in [-0.2, 0) is 22.4 Å². The Labute approximate surface area is 90.3 Å². The average molecular weight is 204 g/mol. The molecule has 1 aliphatic carbocycles. The number of esters is 1. The lowest BCUT2D eigenvalue weighted by atomic mass is 9.77. The molecule has 0 aromatic heterocycles. The third kappa shape index (κ3) is 1.89. The van der Waals surface area contributed by atoms with Gasteiger partial charge in [0.1, 0.15) is 0 Å². The summed E-state index contributed by atoms with van der Waals surface area (Å²) >= 11 is 0. The van der Waals surface area contributed by atoms with Crippen LogP contribution in [0.5, 0.6) is 0 Å². The minimum Gasteiger partial charge on any atom is -0.469 e. The molecule has 0 saturated heterocycles. The van der Waals surface area contributed by atoms with Crippen LogP contribution >= 0.6 is 0 Å². The summed E-state index contributed by atoms with van der Waals surface area (Å²) in [5.41, 5.74) is 2.68. The van der Waals surface area contributed by atoms with Crippen molar-refractivity contribution in [2.75, 3.05) is 7.11 Å². The van der Waals surface area contributed by atoms with E-state index in [-0.39, 0.29) is 11.9 Å². The molecular formula is C13H16O2. The SMILES string of the molecule is COC(=O)[C@H]1Cc2ccccc2C[C@@H]1C. The molecule has 1 aromatic rings. The van der Waals surface area contributed by atoms with Gasteiger partial charge in [0, 0.05) is 0 Å². The summed E-state index contributed by atoms with van der Waals surface area (Å²) in [6, 6.07) is 8.35. The Morgan fingerprint density at radius 2 is 1.87 bits per heavy atom. The van der Waals surface area contributed by atoms with Gasteiger partial charge in [-0.3, -0.25) is 4.79 Å². The van der Waals surface area contributed by atoms with Gasteiger partial charge in [-0.15, -0.1) is 0 Å². The van der Waals surface area contributed by atoms with Gasteiger partial charge >= 0.3 is 5.97 Å². The minimum atomic E-state index is -0.0722. The molecule has 0 heterocycles. The fourth-order valence-corrected chi connectivity index (χ4v) is 2.35. The Morgan fingerprint density at radius 3 is 2.47 bits per heavy atom. The standard InChI is InChI=1S/C13H16O2/c1-9-7-10-5-3-4-6-11(10)8-12(9)13(14)15-2/h3-6,9,12H,7-8H2,1-2H3/t9-,12-/m0/s1. The lowest BCUT2D eigenvalue weighted by Crippen LogP contribution is -2.30. The summed E-state index contributed by atoms with van der Waals surface area (Å²) in [7, 11) is 1.47. The van der Waals surface area contributed by atoms with Crippen molar-refractivity contribution in [2.24, 2.45) is 11.8 Å². The van der Waals surface area contributed by atoms with E-state index in [4.69, 9.17) is 4.74 Å². The smallest absolute Gasteiger partial charge is 0.309 e. The zero-order valence-electron chi connectivity index (χ0n) is 9.19. The van der Waals surface area contributed by atoms with Crippen LogP contribution in [0.2, 0.25) is 0 Å². The van der Waals surface area contributed by atoms with Crippen LogP contribution in [0.25, 0.3) is 0 Å². The highest BCUT2D eigenvalue weighted by atomic mass is 16.5. The van der Waals surface area contributed by atoms with Crippen molar-refractivity contribution in [3.8, 4) is 0 Å². The Morgan fingerprint density at radius 1 is 1.27 bits per heavy atom. The zero-order chi connectivity index (χ0) is 10.8. The molecular weight excluding hydrogens is 188 g/mol. The van der Waals surface area contributed by atoms with Gasteiger partial charge in [0.05, 0.1) is 13.0 Å². The van der Waals surface area contributed by atoms with E-state index in [1.165, 1.54) is 18.2 Å². The number of hydrogen-bond acceptors (Lipinski definition) is 2. The van der Waals surface area contributed by atoms with Crippen molar-refractivity contribution >= 4 is 5.97 Å². The summed E-state index contributed by atoms with van der Waals surface area (Å²) in [6.07, 6.45) is 1.81. The predicted molar refractivity (Wildman–Crippen MR) is 58.5 cm³/mol. The number of methoxy groups -OCH3 is 1. The van der Waals surface area contributed by atoms with E-state index in [0.717, 1.165) is 12.8 Å². The van der Waals surface area contributed by atoms with Gasteiger partial charge in [-0.1, -0.05) is 31.2 Å². The Hall–Kier alpha value is -1.31. The van der Waals surface area contributed by atoms with Crippen LogP contribution in [-0.4, -0.2) is 13.1 Å². The van der Waals surface area contributed by atoms with Gasteiger partial charge in [0.2, 0.25) is 0 Å². The topological polar surface area (TPSA) is 26.3 Å². The Bertz CT molecular complexity index is 371. The molecule has 0 saturated carbocycles. The summed E-state index contributed by atoms with van der Waals surface area (Å²) in [6.45, 7) is 2.12. The van der Waals surface area contributed by atoms with E-state index in [1.807, 2.05) is 6.07 Å². The quantitative estimate of drug-likeness (QED) is 0.656. The molecule has 2 rings (SSSR count). The molecule has 0 amide bonds. The summed E-state index contributed by atoms with van der Waals surface area (Å²) < 4.78 is 4.84. The van der Waals surface area contributed by atoms with Gasteiger partial charge in [-0.05, 0) is 29.9 Å². The van der Waals surface area contributed by atoms with Gasteiger partial charge < -0.3 is 4.74 Å². The largest absolute Gasteiger partial charge is 0.469 e. The molecule has 2 heteroatoms. The van der Waals surface area contributed by atoms with Gasteiger partial charge in [-0.2, -0.15) is 0 Å². The normalized spacial score (nSPS) is 24.4. The molecule has 15 heavy (non-hydrogen) atoms. The highest BCUT2D eigenvalue weighted by Gasteiger charge is 2.31. The van der Waals surface area contributed by atoms with Crippen molar-refractivity contribution in [1.29, 1.82) is 0 Å². The van der Waals surface area contributed by atoms with Gasteiger partial charge in [0.15, 0.2) is 0 Å². The summed E-state index contributed by atoms with van der Waals surface area (Å²) in [5, 5.41) is 0. The van der Waals surface area contributed by atoms with Crippen LogP contribution in [0.1, 0.15) is 18.1 Å². The number of hydrogen-bond donors (Lipinski definition) is 0. The molecule has 0 unspecified atom stereocenters. The van der Waals surface area contributed by atoms with Crippen LogP contribution in [0.15, 0.2) is 24.3 Å². The van der Waals surface area contributed by atoms with E-state index in [1.54, 1.807) is 0 Å². The maximum Gasteiger partial charge on any atom is 0.309 e. The summed E-state index contributed by atoms with van der Waals surface area (Å²) in [4.78, 5) is 11.6. The maximum absolute atomic E-state index is 11.6. The molecule has 0 radical (unpaired) electrons. The number of ether oxygens (including phenoxy) is 1. The fourth-order valence-electron chi connectivity index (χ4n) is 2.35. The van der Waals surface area contributed by atoms with E-state index in [2.05, 4.69) is 25.1 Å². The average Bonchev–Trinajstić information content (AvgIpc) is 2.27. The Kier molecular flexibility index (Phi) is 2.76. The highest BCUT2D eigenvalue weighted by Crippen LogP contribution is 2.30. The predicted octanol–water partition coefficient (Wildman–Crippen LogP) is 2.21. The molecule has 2 nitrogen and oxygen atoms in total. The maximum atomic E-state index is 11.6. The van der Waals surface area contributed by atoms with Crippen molar-refractivity contribution in [3.63, 3.8) is 0 Å². The highest BCUT2D eigenvalue weighted by molar-refractivity contribution is 5.73. The Balaban J connectivity index is 2.25. The first-order valence-electron chi connectivity index (χ1n) is 5.37. The monoisotopic (exact) mass is 204 g/mol. The van der Waals surface area contributed by atoms with Crippen molar-refractivity contribution in [1.82, 2.24) is 0 Å². The number of benzene rings is 1. The number of rotatable bonds is 1. The summed E-state index contributed by atoms with van der Waals surface area (Å²) in [5.74, 6) is 0.342. The van der Waals surface area contributed by atoms with Crippen LogP contribution in [0.4, 0.5) is 0 Å². The third-order valence-electron chi connectivity index (χ3n) is 3.29. The van der Waals surface area contributed by atoms with Crippen LogP contribution in [0, 0.1) is 11.8 Å². The van der Waals surface area contributed by atoms with Crippen molar-refractivity contribution in [2.45, 2.75) is 19.8 Å². The lowest BCUT2D eigenvalue weighted by molar-refractivity contribution is -0.147. The van der Waals surface area contributed by atoms with E-state index >= 15 is 0 Å². The molecule has 80 valence electrons. The van der Waals surface area contributed by atoms with Gasteiger partial charge in [0.25, 0.3) is 0 Å². The van der Waals surface area contributed by atoms with Crippen LogP contribution < -0.4 is 0 Å². The number of carbonyl (C=O) groups excluding carboxylic acids is 1. The molecule has 2 atom stereocenters. The number of carbonyl (C=O) groups is 1. The second kappa shape index (κ2) is 4.05.